The van der Waals surface area contributed by atoms with E-state index in [-0.39, 0.29) is 12.3 Å². The fourth-order valence-electron chi connectivity index (χ4n) is 3.18. The molecule has 152 valence electrons. The lowest BCUT2D eigenvalue weighted by Crippen LogP contribution is -2.42. The van der Waals surface area contributed by atoms with E-state index in [0.717, 1.165) is 22.6 Å². The standard InChI is InChI=1S/C20H24N6O3/c1-10-7-11(2)22-20(21-10)26-14(5)16(13(4)25-26)9-18(27)23-24-19(28)17-8-12(3)29-15(17)6/h7-8H,9H2,1-6H3,(H,23,27)(H,24,28). The van der Waals surface area contributed by atoms with Crippen LogP contribution < -0.4 is 10.9 Å². The molecule has 0 aliphatic rings. The molecule has 0 unspecified atom stereocenters. The maximum absolute atomic E-state index is 12.4. The van der Waals surface area contributed by atoms with E-state index in [1.165, 1.54) is 0 Å². The number of aryl methyl sites for hydroxylation is 5. The number of aromatic nitrogens is 4. The molecule has 0 aliphatic carbocycles. The molecule has 2 N–H and O–H groups in total. The second-order valence-corrected chi connectivity index (χ2v) is 7.02. The minimum atomic E-state index is -0.430. The molecule has 0 fully saturated rings. The molecule has 0 aromatic carbocycles. The molecule has 29 heavy (non-hydrogen) atoms. The van der Waals surface area contributed by atoms with Gasteiger partial charge in [-0.05, 0) is 53.7 Å². The van der Waals surface area contributed by atoms with Crippen LogP contribution in [-0.2, 0) is 11.2 Å². The Kier molecular flexibility index (Phi) is 5.49. The minimum Gasteiger partial charge on any atom is -0.466 e. The van der Waals surface area contributed by atoms with Gasteiger partial charge in [-0.3, -0.25) is 20.4 Å². The van der Waals surface area contributed by atoms with E-state index in [4.69, 9.17) is 4.42 Å². The largest absolute Gasteiger partial charge is 0.466 e. The van der Waals surface area contributed by atoms with Crippen molar-refractivity contribution < 1.29 is 14.0 Å². The number of rotatable bonds is 4. The average Bonchev–Trinajstić information content (AvgIpc) is 3.11. The average molecular weight is 396 g/mol. The van der Waals surface area contributed by atoms with E-state index in [0.29, 0.717) is 28.7 Å². The summed E-state index contributed by atoms with van der Waals surface area (Å²) in [4.78, 5) is 33.4. The van der Waals surface area contributed by atoms with Gasteiger partial charge < -0.3 is 4.42 Å². The first-order valence-electron chi connectivity index (χ1n) is 9.19. The molecule has 3 heterocycles. The lowest BCUT2D eigenvalue weighted by atomic mass is 10.1. The molecule has 0 radical (unpaired) electrons. The third-order valence-electron chi connectivity index (χ3n) is 4.54. The van der Waals surface area contributed by atoms with Crippen molar-refractivity contribution >= 4 is 11.8 Å². The van der Waals surface area contributed by atoms with Crippen LogP contribution in [0.2, 0.25) is 0 Å². The zero-order chi connectivity index (χ0) is 21.3. The summed E-state index contributed by atoms with van der Waals surface area (Å²) in [5.41, 5.74) is 9.15. The van der Waals surface area contributed by atoms with Crippen LogP contribution in [0, 0.1) is 41.5 Å². The Labute approximate surface area is 168 Å². The lowest BCUT2D eigenvalue weighted by Gasteiger charge is -2.08. The summed E-state index contributed by atoms with van der Waals surface area (Å²) in [6, 6.07) is 3.51. The summed E-state index contributed by atoms with van der Waals surface area (Å²) >= 11 is 0. The molecular weight excluding hydrogens is 372 g/mol. The maximum Gasteiger partial charge on any atom is 0.273 e. The third-order valence-corrected chi connectivity index (χ3v) is 4.54. The topological polar surface area (TPSA) is 115 Å². The van der Waals surface area contributed by atoms with Crippen LogP contribution in [0.4, 0.5) is 0 Å². The van der Waals surface area contributed by atoms with Gasteiger partial charge in [0, 0.05) is 22.6 Å². The molecular formula is C20H24N6O3. The Balaban J connectivity index is 1.71. The van der Waals surface area contributed by atoms with Crippen molar-refractivity contribution in [1.82, 2.24) is 30.6 Å². The third kappa shape index (κ3) is 4.34. The van der Waals surface area contributed by atoms with Gasteiger partial charge in [0.15, 0.2) is 0 Å². The number of furan rings is 1. The van der Waals surface area contributed by atoms with Gasteiger partial charge in [-0.1, -0.05) is 0 Å². The number of hydrazine groups is 1. The monoisotopic (exact) mass is 396 g/mol. The summed E-state index contributed by atoms with van der Waals surface area (Å²) in [6.45, 7) is 10.9. The number of nitrogens with one attached hydrogen (secondary N) is 2. The first-order valence-corrected chi connectivity index (χ1v) is 9.19. The number of carbonyl (C=O) groups excluding carboxylic acids is 2. The molecule has 0 aliphatic heterocycles. The second kappa shape index (κ2) is 7.86. The molecule has 9 heteroatoms. The van der Waals surface area contributed by atoms with E-state index < -0.39 is 5.91 Å². The highest BCUT2D eigenvalue weighted by atomic mass is 16.3. The summed E-state index contributed by atoms with van der Waals surface area (Å²) in [6.07, 6.45) is 0.0616. The van der Waals surface area contributed by atoms with Gasteiger partial charge in [0.05, 0.1) is 17.7 Å². The van der Waals surface area contributed by atoms with Crippen LogP contribution in [0.5, 0.6) is 0 Å². The van der Waals surface area contributed by atoms with Crippen molar-refractivity contribution in [2.45, 2.75) is 48.0 Å². The Morgan fingerprint density at radius 1 is 1.00 bits per heavy atom. The fourth-order valence-corrected chi connectivity index (χ4v) is 3.18. The van der Waals surface area contributed by atoms with Gasteiger partial charge in [-0.15, -0.1) is 0 Å². The second-order valence-electron chi connectivity index (χ2n) is 7.02. The smallest absolute Gasteiger partial charge is 0.273 e. The summed E-state index contributed by atoms with van der Waals surface area (Å²) in [5, 5.41) is 4.48. The van der Waals surface area contributed by atoms with E-state index in [2.05, 4.69) is 25.9 Å². The summed E-state index contributed by atoms with van der Waals surface area (Å²) in [7, 11) is 0. The highest BCUT2D eigenvalue weighted by Crippen LogP contribution is 2.17. The molecule has 0 bridgehead atoms. The van der Waals surface area contributed by atoms with Crippen molar-refractivity contribution in [2.24, 2.45) is 0 Å². The van der Waals surface area contributed by atoms with Gasteiger partial charge in [-0.2, -0.15) is 5.10 Å². The molecule has 0 spiro atoms. The van der Waals surface area contributed by atoms with Gasteiger partial charge in [0.1, 0.15) is 11.5 Å². The normalized spacial score (nSPS) is 10.8. The molecule has 3 rings (SSSR count). The molecule has 9 nitrogen and oxygen atoms in total. The van der Waals surface area contributed by atoms with E-state index in [1.54, 1.807) is 24.6 Å². The zero-order valence-corrected chi connectivity index (χ0v) is 17.4. The first kappa shape index (κ1) is 20.2. The van der Waals surface area contributed by atoms with Crippen molar-refractivity contribution in [2.75, 3.05) is 0 Å². The number of hydrogen-bond acceptors (Lipinski definition) is 6. The van der Waals surface area contributed by atoms with E-state index in [1.807, 2.05) is 33.8 Å². The van der Waals surface area contributed by atoms with Crippen LogP contribution in [0.25, 0.3) is 5.95 Å². The number of carbonyl (C=O) groups is 2. The Morgan fingerprint density at radius 3 is 2.24 bits per heavy atom. The van der Waals surface area contributed by atoms with Crippen molar-refractivity contribution in [3.05, 3.63) is 57.6 Å². The molecule has 3 aromatic rings. The quantitative estimate of drug-likeness (QED) is 0.653. The van der Waals surface area contributed by atoms with Gasteiger partial charge in [0.2, 0.25) is 5.91 Å². The van der Waals surface area contributed by atoms with Crippen molar-refractivity contribution in [3.8, 4) is 5.95 Å². The Hall–Kier alpha value is -3.49. The van der Waals surface area contributed by atoms with Crippen LogP contribution in [0.3, 0.4) is 0 Å². The summed E-state index contributed by atoms with van der Waals surface area (Å²) < 4.78 is 6.97. The molecule has 0 saturated heterocycles. The highest BCUT2D eigenvalue weighted by molar-refractivity contribution is 5.96. The Bertz CT molecular complexity index is 1080. The molecule has 0 atom stereocenters. The number of nitrogens with zero attached hydrogens (tertiary/aromatic N) is 4. The van der Waals surface area contributed by atoms with Crippen molar-refractivity contribution in [1.29, 1.82) is 0 Å². The Morgan fingerprint density at radius 2 is 1.66 bits per heavy atom. The van der Waals surface area contributed by atoms with Gasteiger partial charge in [0.25, 0.3) is 11.9 Å². The van der Waals surface area contributed by atoms with Crippen LogP contribution in [0.1, 0.15) is 50.2 Å². The van der Waals surface area contributed by atoms with Crippen molar-refractivity contribution in [3.63, 3.8) is 0 Å². The highest BCUT2D eigenvalue weighted by Gasteiger charge is 2.19. The number of amides is 2. The lowest BCUT2D eigenvalue weighted by molar-refractivity contribution is -0.121. The first-order chi connectivity index (χ1) is 13.7. The van der Waals surface area contributed by atoms with E-state index >= 15 is 0 Å². The zero-order valence-electron chi connectivity index (χ0n) is 17.4. The predicted octanol–water partition coefficient (Wildman–Crippen LogP) is 2.11. The van der Waals surface area contributed by atoms with Crippen LogP contribution in [-0.4, -0.2) is 31.6 Å². The van der Waals surface area contributed by atoms with Gasteiger partial charge in [-0.25, -0.2) is 14.6 Å². The molecule has 2 amide bonds. The van der Waals surface area contributed by atoms with Crippen LogP contribution >= 0.6 is 0 Å². The maximum atomic E-state index is 12.4. The predicted molar refractivity (Wildman–Crippen MR) is 106 cm³/mol. The number of hydrogen-bond donors (Lipinski definition) is 2. The van der Waals surface area contributed by atoms with Gasteiger partial charge >= 0.3 is 0 Å². The SMILES string of the molecule is Cc1cc(C)nc(-n2nc(C)c(CC(=O)NNC(=O)c3cc(C)oc3C)c2C)n1. The summed E-state index contributed by atoms with van der Waals surface area (Å²) in [5.74, 6) is 0.805. The molecule has 3 aromatic heterocycles. The molecule has 0 saturated carbocycles. The van der Waals surface area contributed by atoms with Crippen LogP contribution in [0.15, 0.2) is 16.5 Å². The minimum absolute atomic E-state index is 0.0616. The van der Waals surface area contributed by atoms with E-state index in [9.17, 15) is 9.59 Å². The fraction of sp³-hybridized carbons (Fsp3) is 0.350.